The topological polar surface area (TPSA) is 74.1 Å². The molecule has 0 amide bonds. The van der Waals surface area contributed by atoms with Gasteiger partial charge in [0, 0.05) is 42.9 Å². The van der Waals surface area contributed by atoms with E-state index in [1.165, 1.54) is 19.2 Å². The number of ketones is 1. The van der Waals surface area contributed by atoms with Crippen LogP contribution < -0.4 is 0 Å². The van der Waals surface area contributed by atoms with Gasteiger partial charge in [0.15, 0.2) is 5.69 Å². The number of ether oxygens (including phenoxy) is 1. The number of hydrogen-bond acceptors (Lipinski definition) is 5. The summed E-state index contributed by atoms with van der Waals surface area (Å²) in [6.07, 6.45) is 5.39. The Morgan fingerprint density at radius 3 is 2.34 bits per heavy atom. The van der Waals surface area contributed by atoms with E-state index in [1.807, 2.05) is 43.3 Å². The molecule has 0 saturated carbocycles. The van der Waals surface area contributed by atoms with E-state index >= 15 is 0 Å². The van der Waals surface area contributed by atoms with Gasteiger partial charge in [-0.05, 0) is 60.4 Å². The summed E-state index contributed by atoms with van der Waals surface area (Å²) in [5.74, 6) is -0.684. The average molecular weight is 472 g/mol. The fourth-order valence-electron chi connectivity index (χ4n) is 3.97. The Hall–Kier alpha value is -4.13. The molecule has 0 spiro atoms. The minimum atomic E-state index is -0.528. The van der Waals surface area contributed by atoms with Gasteiger partial charge in [0.25, 0.3) is 0 Å². The van der Waals surface area contributed by atoms with Crippen molar-refractivity contribution in [3.8, 4) is 5.69 Å². The number of benzene rings is 2. The molecule has 35 heavy (non-hydrogen) atoms. The van der Waals surface area contributed by atoms with Gasteiger partial charge in [0.1, 0.15) is 11.6 Å². The minimum absolute atomic E-state index is 0.159. The van der Waals surface area contributed by atoms with Crippen LogP contribution in [0.1, 0.15) is 44.9 Å². The number of esters is 1. The highest BCUT2D eigenvalue weighted by atomic mass is 19.1. The smallest absolute Gasteiger partial charge is 0.358 e. The van der Waals surface area contributed by atoms with Crippen molar-refractivity contribution in [1.82, 2.24) is 14.8 Å². The molecule has 0 N–H and O–H groups in total. The number of pyridine rings is 1. The van der Waals surface area contributed by atoms with Crippen LogP contribution in [0.25, 0.3) is 5.69 Å². The molecule has 2 aromatic heterocycles. The van der Waals surface area contributed by atoms with Crippen LogP contribution >= 0.6 is 0 Å². The lowest BCUT2D eigenvalue weighted by molar-refractivity contribution is -0.118. The second kappa shape index (κ2) is 10.9. The first kappa shape index (κ1) is 24.0. The SMILES string of the molecule is COC(=O)c1nn(-c2ccc(CC(=O)CCc3cccnc3)cc2)c(C)c1Cc1ccc(F)cc1. The van der Waals surface area contributed by atoms with Gasteiger partial charge >= 0.3 is 5.97 Å². The standard InChI is InChI=1S/C28H26FN3O3/c1-19-26(17-21-5-10-23(29)11-6-21)27(28(34)35-2)31-32(19)24-12-7-20(8-13-24)16-25(33)14-9-22-4-3-15-30-18-22/h3-8,10-13,15,18H,9,14,16-17H2,1-2H3. The fraction of sp³-hybridized carbons (Fsp3) is 0.214. The second-order valence-corrected chi connectivity index (χ2v) is 8.36. The van der Waals surface area contributed by atoms with Crippen molar-refractivity contribution in [2.24, 2.45) is 0 Å². The van der Waals surface area contributed by atoms with E-state index in [0.29, 0.717) is 25.7 Å². The van der Waals surface area contributed by atoms with Crippen molar-refractivity contribution in [3.05, 3.63) is 113 Å². The van der Waals surface area contributed by atoms with Crippen LogP contribution in [0.15, 0.2) is 73.1 Å². The Morgan fingerprint density at radius 2 is 1.69 bits per heavy atom. The summed E-state index contributed by atoms with van der Waals surface area (Å²) in [6, 6.07) is 17.6. The Morgan fingerprint density at radius 1 is 0.971 bits per heavy atom. The molecule has 0 unspecified atom stereocenters. The van der Waals surface area contributed by atoms with Crippen molar-refractivity contribution in [3.63, 3.8) is 0 Å². The van der Waals surface area contributed by atoms with Gasteiger partial charge in [-0.1, -0.05) is 30.3 Å². The zero-order valence-corrected chi connectivity index (χ0v) is 19.7. The first-order valence-electron chi connectivity index (χ1n) is 11.4. The lowest BCUT2D eigenvalue weighted by atomic mass is 10.0. The van der Waals surface area contributed by atoms with Gasteiger partial charge in [-0.25, -0.2) is 13.9 Å². The van der Waals surface area contributed by atoms with Crippen LogP contribution in [0.2, 0.25) is 0 Å². The monoisotopic (exact) mass is 471 g/mol. The van der Waals surface area contributed by atoms with Crippen LogP contribution in [-0.4, -0.2) is 33.6 Å². The molecular weight excluding hydrogens is 445 g/mol. The zero-order valence-electron chi connectivity index (χ0n) is 19.7. The summed E-state index contributed by atoms with van der Waals surface area (Å²) >= 11 is 0. The molecule has 4 aromatic rings. The first-order valence-corrected chi connectivity index (χ1v) is 11.4. The van der Waals surface area contributed by atoms with E-state index in [0.717, 1.165) is 33.6 Å². The number of carbonyl (C=O) groups is 2. The summed E-state index contributed by atoms with van der Waals surface area (Å²) in [4.78, 5) is 28.9. The molecule has 0 aliphatic heterocycles. The third-order valence-corrected chi connectivity index (χ3v) is 5.91. The van der Waals surface area contributed by atoms with Gasteiger partial charge in [-0.3, -0.25) is 9.78 Å². The van der Waals surface area contributed by atoms with E-state index in [2.05, 4.69) is 10.1 Å². The van der Waals surface area contributed by atoms with Crippen LogP contribution in [0.5, 0.6) is 0 Å². The van der Waals surface area contributed by atoms with Crippen LogP contribution in [0, 0.1) is 12.7 Å². The maximum atomic E-state index is 13.3. The largest absolute Gasteiger partial charge is 0.464 e. The number of aromatic nitrogens is 3. The molecule has 0 saturated heterocycles. The third-order valence-electron chi connectivity index (χ3n) is 5.91. The molecule has 7 heteroatoms. The number of Topliss-reactive ketones (excluding diaryl/α,β-unsaturated/α-hetero) is 1. The van der Waals surface area contributed by atoms with E-state index in [4.69, 9.17) is 4.74 Å². The predicted octanol–water partition coefficient (Wildman–Crippen LogP) is 4.84. The van der Waals surface area contributed by atoms with Crippen molar-refractivity contribution >= 4 is 11.8 Å². The predicted molar refractivity (Wildman–Crippen MR) is 130 cm³/mol. The number of hydrogen-bond donors (Lipinski definition) is 0. The molecule has 0 atom stereocenters. The second-order valence-electron chi connectivity index (χ2n) is 8.36. The molecule has 0 fully saturated rings. The van der Waals surface area contributed by atoms with Gasteiger partial charge in [-0.2, -0.15) is 5.10 Å². The Bertz CT molecular complexity index is 1310. The normalized spacial score (nSPS) is 10.8. The number of aryl methyl sites for hydroxylation is 1. The zero-order chi connectivity index (χ0) is 24.8. The van der Waals surface area contributed by atoms with E-state index < -0.39 is 5.97 Å². The van der Waals surface area contributed by atoms with E-state index in [9.17, 15) is 14.0 Å². The average Bonchev–Trinajstić information content (AvgIpc) is 3.20. The molecular formula is C28H26FN3O3. The Labute approximate surface area is 203 Å². The Kier molecular flexibility index (Phi) is 7.45. The fourth-order valence-corrected chi connectivity index (χ4v) is 3.97. The van der Waals surface area contributed by atoms with Gasteiger partial charge in [-0.15, -0.1) is 0 Å². The van der Waals surface area contributed by atoms with Crippen molar-refractivity contribution in [2.45, 2.75) is 32.6 Å². The van der Waals surface area contributed by atoms with Crippen LogP contribution in [0.4, 0.5) is 4.39 Å². The van der Waals surface area contributed by atoms with Gasteiger partial charge < -0.3 is 4.74 Å². The maximum Gasteiger partial charge on any atom is 0.358 e. The van der Waals surface area contributed by atoms with Crippen LogP contribution in [-0.2, 0) is 28.8 Å². The first-order chi connectivity index (χ1) is 16.9. The van der Waals surface area contributed by atoms with Crippen LogP contribution in [0.3, 0.4) is 0 Å². The van der Waals surface area contributed by atoms with Gasteiger partial charge in [0.2, 0.25) is 0 Å². The molecule has 2 heterocycles. The summed E-state index contributed by atoms with van der Waals surface area (Å²) in [6.45, 7) is 1.88. The van der Waals surface area contributed by atoms with E-state index in [1.54, 1.807) is 29.2 Å². The maximum absolute atomic E-state index is 13.3. The van der Waals surface area contributed by atoms with E-state index in [-0.39, 0.29) is 17.3 Å². The molecule has 0 radical (unpaired) electrons. The third kappa shape index (κ3) is 5.87. The number of methoxy groups -OCH3 is 1. The number of halogens is 1. The summed E-state index contributed by atoms with van der Waals surface area (Å²) in [7, 11) is 1.32. The molecule has 0 aliphatic carbocycles. The molecule has 178 valence electrons. The van der Waals surface area contributed by atoms with Crippen molar-refractivity contribution in [2.75, 3.05) is 7.11 Å². The number of carbonyl (C=O) groups excluding carboxylic acids is 2. The molecule has 0 aliphatic rings. The lowest BCUT2D eigenvalue weighted by Crippen LogP contribution is -2.07. The quantitative estimate of drug-likeness (QED) is 0.327. The van der Waals surface area contributed by atoms with Gasteiger partial charge in [0.05, 0.1) is 12.8 Å². The highest BCUT2D eigenvalue weighted by Gasteiger charge is 2.22. The van der Waals surface area contributed by atoms with Crippen molar-refractivity contribution < 1.29 is 18.7 Å². The molecule has 4 rings (SSSR count). The number of nitrogens with zero attached hydrogens (tertiary/aromatic N) is 3. The molecule has 6 nitrogen and oxygen atoms in total. The lowest BCUT2D eigenvalue weighted by Gasteiger charge is -2.08. The van der Waals surface area contributed by atoms with Crippen molar-refractivity contribution in [1.29, 1.82) is 0 Å². The number of rotatable bonds is 9. The molecule has 2 aromatic carbocycles. The minimum Gasteiger partial charge on any atom is -0.464 e. The Balaban J connectivity index is 1.51. The molecule has 0 bridgehead atoms. The summed E-state index contributed by atoms with van der Waals surface area (Å²) in [5, 5.41) is 4.51. The summed E-state index contributed by atoms with van der Waals surface area (Å²) < 4.78 is 19.9. The summed E-state index contributed by atoms with van der Waals surface area (Å²) in [5.41, 5.74) is 5.32. The highest BCUT2D eigenvalue weighted by Crippen LogP contribution is 2.23. The highest BCUT2D eigenvalue weighted by molar-refractivity contribution is 5.89.